The minimum Gasteiger partial charge on any atom is -0.339 e. The molecule has 4 aliphatic rings. The maximum absolute atomic E-state index is 12.2. The number of rotatable bonds is 1. The Labute approximate surface area is 97.6 Å². The van der Waals surface area contributed by atoms with Crippen molar-refractivity contribution in [2.24, 2.45) is 23.7 Å². The van der Waals surface area contributed by atoms with Gasteiger partial charge in [-0.05, 0) is 37.1 Å². The molecule has 1 aliphatic carbocycles. The second-order valence-corrected chi connectivity index (χ2v) is 6.04. The highest BCUT2D eigenvalue weighted by atomic mass is 16.2. The Balaban J connectivity index is 1.82. The summed E-state index contributed by atoms with van der Waals surface area (Å²) in [5, 5.41) is 3.52. The van der Waals surface area contributed by atoms with Gasteiger partial charge in [-0.15, -0.1) is 0 Å². The lowest BCUT2D eigenvalue weighted by Gasteiger charge is -2.52. The molecule has 1 saturated carbocycles. The third-order valence-corrected chi connectivity index (χ3v) is 4.85. The Hall–Kier alpha value is -0.570. The van der Waals surface area contributed by atoms with Crippen LogP contribution in [0.3, 0.4) is 0 Å². The smallest absolute Gasteiger partial charge is 0.225 e. The summed E-state index contributed by atoms with van der Waals surface area (Å²) in [5.74, 6) is 2.91. The average Bonchev–Trinajstić information content (AvgIpc) is 2.78. The fourth-order valence-electron chi connectivity index (χ4n) is 4.06. The van der Waals surface area contributed by atoms with E-state index in [2.05, 4.69) is 10.2 Å². The third-order valence-electron chi connectivity index (χ3n) is 4.85. The summed E-state index contributed by atoms with van der Waals surface area (Å²) < 4.78 is 0. The van der Waals surface area contributed by atoms with E-state index in [0.29, 0.717) is 11.9 Å². The Morgan fingerprint density at radius 1 is 1.25 bits per heavy atom. The molecule has 0 spiro atoms. The van der Waals surface area contributed by atoms with Gasteiger partial charge in [0.25, 0.3) is 0 Å². The van der Waals surface area contributed by atoms with Gasteiger partial charge in [-0.25, -0.2) is 0 Å². The number of hydrogen-bond acceptors (Lipinski definition) is 2. The van der Waals surface area contributed by atoms with Crippen LogP contribution in [0.2, 0.25) is 0 Å². The van der Waals surface area contributed by atoms with Gasteiger partial charge < -0.3 is 10.2 Å². The van der Waals surface area contributed by atoms with E-state index < -0.39 is 0 Å². The first-order chi connectivity index (χ1) is 7.68. The highest BCUT2D eigenvalue weighted by Crippen LogP contribution is 2.45. The molecule has 1 amide bonds. The molecule has 1 N–H and O–H groups in total. The van der Waals surface area contributed by atoms with Crippen LogP contribution in [0.5, 0.6) is 0 Å². The quantitative estimate of drug-likeness (QED) is 0.720. The Bertz CT molecular complexity index is 302. The predicted molar refractivity (Wildman–Crippen MR) is 62.9 cm³/mol. The number of nitrogens with one attached hydrogen (secondary N) is 1. The van der Waals surface area contributed by atoms with E-state index in [4.69, 9.17) is 0 Å². The van der Waals surface area contributed by atoms with Crippen molar-refractivity contribution >= 4 is 5.91 Å². The SMILES string of the molecule is CC(C)C(=O)N1C[C@H]2CC[C@H]1[C@@H]1CNC[C@H]21. The number of amides is 1. The highest BCUT2D eigenvalue weighted by Gasteiger charge is 2.50. The summed E-state index contributed by atoms with van der Waals surface area (Å²) in [7, 11) is 0. The molecule has 0 unspecified atom stereocenters. The predicted octanol–water partition coefficient (Wildman–Crippen LogP) is 1.10. The zero-order valence-electron chi connectivity index (χ0n) is 10.3. The molecule has 90 valence electrons. The fraction of sp³-hybridized carbons (Fsp3) is 0.923. The monoisotopic (exact) mass is 222 g/mol. The largest absolute Gasteiger partial charge is 0.339 e. The van der Waals surface area contributed by atoms with Crippen LogP contribution in [-0.4, -0.2) is 36.5 Å². The van der Waals surface area contributed by atoms with E-state index in [-0.39, 0.29) is 5.92 Å². The third kappa shape index (κ3) is 1.41. The number of hydrogen-bond donors (Lipinski definition) is 1. The number of carbonyl (C=O) groups is 1. The number of piperidine rings is 2. The van der Waals surface area contributed by atoms with Gasteiger partial charge >= 0.3 is 0 Å². The standard InChI is InChI=1S/C13H22N2O/c1-8(2)13(16)15-7-9-3-4-12(15)11-6-14-5-10(9)11/h8-12,14H,3-7H2,1-2H3/t9-,10-,11-,12+/m1/s1. The Morgan fingerprint density at radius 2 is 2.00 bits per heavy atom. The minimum atomic E-state index is 0.159. The van der Waals surface area contributed by atoms with Crippen LogP contribution >= 0.6 is 0 Å². The minimum absolute atomic E-state index is 0.159. The van der Waals surface area contributed by atoms with E-state index in [1.807, 2.05) is 13.8 Å². The molecule has 0 aromatic heterocycles. The fourth-order valence-corrected chi connectivity index (χ4v) is 4.06. The van der Waals surface area contributed by atoms with Crippen molar-refractivity contribution in [2.75, 3.05) is 19.6 Å². The maximum atomic E-state index is 12.2. The summed E-state index contributed by atoms with van der Waals surface area (Å²) in [6.07, 6.45) is 2.58. The van der Waals surface area contributed by atoms with Gasteiger partial charge in [0.05, 0.1) is 0 Å². The summed E-state index contributed by atoms with van der Waals surface area (Å²) >= 11 is 0. The zero-order chi connectivity index (χ0) is 11.3. The first-order valence-corrected chi connectivity index (χ1v) is 6.69. The van der Waals surface area contributed by atoms with Crippen LogP contribution in [0, 0.1) is 23.7 Å². The lowest BCUT2D eigenvalue weighted by atomic mass is 9.66. The van der Waals surface area contributed by atoms with Gasteiger partial charge in [-0.2, -0.15) is 0 Å². The van der Waals surface area contributed by atoms with Gasteiger partial charge in [0.1, 0.15) is 0 Å². The van der Waals surface area contributed by atoms with Crippen molar-refractivity contribution in [3.63, 3.8) is 0 Å². The lowest BCUT2D eigenvalue weighted by Crippen LogP contribution is -2.59. The van der Waals surface area contributed by atoms with Crippen LogP contribution < -0.4 is 5.32 Å². The second kappa shape index (κ2) is 3.73. The van der Waals surface area contributed by atoms with E-state index in [9.17, 15) is 4.79 Å². The molecule has 0 aromatic carbocycles. The van der Waals surface area contributed by atoms with E-state index in [1.165, 1.54) is 19.4 Å². The van der Waals surface area contributed by atoms with Crippen molar-refractivity contribution in [3.05, 3.63) is 0 Å². The molecule has 0 aromatic rings. The van der Waals surface area contributed by atoms with Gasteiger partial charge in [0.2, 0.25) is 5.91 Å². The molecule has 3 aliphatic heterocycles. The molecule has 4 rings (SSSR count). The van der Waals surface area contributed by atoms with Gasteiger partial charge in [0, 0.05) is 25.0 Å². The highest BCUT2D eigenvalue weighted by molar-refractivity contribution is 5.78. The van der Waals surface area contributed by atoms with Crippen LogP contribution in [0.4, 0.5) is 0 Å². The summed E-state index contributed by atoms with van der Waals surface area (Å²) in [4.78, 5) is 14.4. The van der Waals surface area contributed by atoms with Crippen molar-refractivity contribution in [1.29, 1.82) is 0 Å². The summed E-state index contributed by atoms with van der Waals surface area (Å²) in [6, 6.07) is 0.542. The number of carbonyl (C=O) groups excluding carboxylic acids is 1. The molecule has 3 saturated heterocycles. The van der Waals surface area contributed by atoms with E-state index in [0.717, 1.165) is 30.8 Å². The number of nitrogens with zero attached hydrogens (tertiary/aromatic N) is 1. The average molecular weight is 222 g/mol. The second-order valence-electron chi connectivity index (χ2n) is 6.04. The normalized spacial score (nSPS) is 41.6. The zero-order valence-corrected chi connectivity index (χ0v) is 10.3. The van der Waals surface area contributed by atoms with Gasteiger partial charge in [0.15, 0.2) is 0 Å². The van der Waals surface area contributed by atoms with Crippen LogP contribution in [0.25, 0.3) is 0 Å². The molecular formula is C13H22N2O. The van der Waals surface area contributed by atoms with Gasteiger partial charge in [-0.3, -0.25) is 4.79 Å². The topological polar surface area (TPSA) is 32.3 Å². The molecule has 16 heavy (non-hydrogen) atoms. The molecule has 4 atom stereocenters. The van der Waals surface area contributed by atoms with Gasteiger partial charge in [-0.1, -0.05) is 13.8 Å². The van der Waals surface area contributed by atoms with Crippen molar-refractivity contribution in [1.82, 2.24) is 10.2 Å². The van der Waals surface area contributed by atoms with Crippen LogP contribution in [0.1, 0.15) is 26.7 Å². The molecule has 2 bridgehead atoms. The van der Waals surface area contributed by atoms with Crippen LogP contribution in [-0.2, 0) is 4.79 Å². The lowest BCUT2D eigenvalue weighted by molar-refractivity contribution is -0.147. The molecule has 3 nitrogen and oxygen atoms in total. The van der Waals surface area contributed by atoms with Crippen molar-refractivity contribution in [2.45, 2.75) is 32.7 Å². The van der Waals surface area contributed by atoms with Crippen molar-refractivity contribution < 1.29 is 4.79 Å². The summed E-state index contributed by atoms with van der Waals surface area (Å²) in [5.41, 5.74) is 0. The Morgan fingerprint density at radius 3 is 2.75 bits per heavy atom. The molecule has 4 fully saturated rings. The van der Waals surface area contributed by atoms with E-state index >= 15 is 0 Å². The van der Waals surface area contributed by atoms with Crippen molar-refractivity contribution in [3.8, 4) is 0 Å². The van der Waals surface area contributed by atoms with E-state index in [1.54, 1.807) is 0 Å². The molecule has 3 heteroatoms. The summed E-state index contributed by atoms with van der Waals surface area (Å²) in [6.45, 7) is 7.40. The first kappa shape index (κ1) is 10.6. The molecule has 3 heterocycles. The first-order valence-electron chi connectivity index (χ1n) is 6.69. The van der Waals surface area contributed by atoms with Crippen LogP contribution in [0.15, 0.2) is 0 Å². The molecular weight excluding hydrogens is 200 g/mol. The Kier molecular flexibility index (Phi) is 2.46. The molecule has 0 radical (unpaired) electrons. The number of fused-ring (bicyclic) bond motifs is 2. The maximum Gasteiger partial charge on any atom is 0.225 e.